The zero-order chi connectivity index (χ0) is 25.0. The third kappa shape index (κ3) is 3.07. The largest absolute Gasteiger partial charge is 0.323 e. The number of nitrogens with two attached hydrogens (primary N) is 2. The van der Waals surface area contributed by atoms with Crippen LogP contribution in [0.4, 0.5) is 0 Å². The number of fused-ring (bicyclic) bond motifs is 5. The Labute approximate surface area is 217 Å². The van der Waals surface area contributed by atoms with Crippen LogP contribution >= 0.6 is 0 Å². The summed E-state index contributed by atoms with van der Waals surface area (Å²) in [7, 11) is 0. The molecule has 0 fully saturated rings. The van der Waals surface area contributed by atoms with Crippen molar-refractivity contribution < 1.29 is 0 Å². The van der Waals surface area contributed by atoms with E-state index in [1.807, 2.05) is 0 Å². The maximum absolute atomic E-state index is 7.53. The second kappa shape index (κ2) is 8.41. The van der Waals surface area contributed by atoms with Crippen LogP contribution in [0.5, 0.6) is 0 Å². The van der Waals surface area contributed by atoms with Crippen LogP contribution in [-0.2, 0) is 5.41 Å². The fraction of sp³-hybridized carbons (Fsp3) is 0.0857. The van der Waals surface area contributed by atoms with Gasteiger partial charge in [-0.2, -0.15) is 0 Å². The second-order valence-electron chi connectivity index (χ2n) is 10.1. The summed E-state index contributed by atoms with van der Waals surface area (Å²) < 4.78 is 0. The van der Waals surface area contributed by atoms with Gasteiger partial charge < -0.3 is 11.5 Å². The monoisotopic (exact) mass is 476 g/mol. The Hall–Kier alpha value is -4.24. The summed E-state index contributed by atoms with van der Waals surface area (Å²) in [6.45, 7) is 0. The lowest BCUT2D eigenvalue weighted by Crippen LogP contribution is -2.47. The Bertz CT molecular complexity index is 1640. The normalized spacial score (nSPS) is 15.3. The molecule has 1 aliphatic carbocycles. The molecule has 6 aromatic carbocycles. The average Bonchev–Trinajstić information content (AvgIpc) is 3.27. The maximum Gasteiger partial charge on any atom is 0.0600 e. The smallest absolute Gasteiger partial charge is 0.0600 e. The quantitative estimate of drug-likeness (QED) is 0.274. The molecule has 0 amide bonds. The highest BCUT2D eigenvalue weighted by atomic mass is 14.8. The lowest BCUT2D eigenvalue weighted by atomic mass is 9.63. The molecule has 0 saturated carbocycles. The first-order valence-electron chi connectivity index (χ1n) is 12.9. The highest BCUT2D eigenvalue weighted by Gasteiger charge is 2.52. The molecule has 2 heteroatoms. The van der Waals surface area contributed by atoms with Crippen LogP contribution in [0, 0.1) is 0 Å². The first kappa shape index (κ1) is 22.0. The molecule has 0 radical (unpaired) electrons. The Morgan fingerprint density at radius 3 is 1.27 bits per heavy atom. The van der Waals surface area contributed by atoms with E-state index >= 15 is 0 Å². The number of benzene rings is 6. The van der Waals surface area contributed by atoms with E-state index in [0.717, 1.165) is 11.1 Å². The fourth-order valence-corrected chi connectivity index (χ4v) is 6.70. The van der Waals surface area contributed by atoms with E-state index in [4.69, 9.17) is 11.5 Å². The SMILES string of the molecule is NC(c1cccc2ccccc12)C1(C(N)c2cccc3ccccc23)c2ccccc2-c2ccccc21. The van der Waals surface area contributed by atoms with Crippen molar-refractivity contribution in [3.8, 4) is 11.1 Å². The van der Waals surface area contributed by atoms with Crippen molar-refractivity contribution in [2.75, 3.05) is 0 Å². The van der Waals surface area contributed by atoms with Crippen molar-refractivity contribution in [3.05, 3.63) is 156 Å². The van der Waals surface area contributed by atoms with Crippen molar-refractivity contribution in [1.29, 1.82) is 0 Å². The molecular weight excluding hydrogens is 448 g/mol. The number of hydrogen-bond acceptors (Lipinski definition) is 2. The topological polar surface area (TPSA) is 52.0 Å². The van der Waals surface area contributed by atoms with Gasteiger partial charge in [0.05, 0.1) is 5.41 Å². The molecule has 1 aliphatic rings. The molecule has 178 valence electrons. The predicted molar refractivity (Wildman–Crippen MR) is 154 cm³/mol. The highest BCUT2D eigenvalue weighted by molar-refractivity contribution is 5.90. The Morgan fingerprint density at radius 1 is 0.405 bits per heavy atom. The molecule has 0 heterocycles. The van der Waals surface area contributed by atoms with Crippen molar-refractivity contribution >= 4 is 21.5 Å². The Kier molecular flexibility index (Phi) is 5.00. The molecule has 2 nitrogen and oxygen atoms in total. The standard InChI is InChI=1S/C35H28N2/c36-33(29-19-9-13-23-11-1-3-15-25(23)29)35(34(37)30-20-10-14-24-12-2-4-16-26(24)30)31-21-7-5-17-27(31)28-18-6-8-22-32(28)35/h1-22,33-34H,36-37H2. The molecule has 0 aromatic heterocycles. The summed E-state index contributed by atoms with van der Waals surface area (Å²) >= 11 is 0. The van der Waals surface area contributed by atoms with Crippen LogP contribution in [0.2, 0.25) is 0 Å². The second-order valence-corrected chi connectivity index (χ2v) is 10.1. The zero-order valence-electron chi connectivity index (χ0n) is 20.5. The lowest BCUT2D eigenvalue weighted by molar-refractivity contribution is 0.355. The van der Waals surface area contributed by atoms with Crippen molar-refractivity contribution in [1.82, 2.24) is 0 Å². The summed E-state index contributed by atoms with van der Waals surface area (Å²) in [4.78, 5) is 0. The summed E-state index contributed by atoms with van der Waals surface area (Å²) in [6, 6.07) is 46.4. The molecule has 4 N–H and O–H groups in total. The Morgan fingerprint density at radius 2 is 0.784 bits per heavy atom. The summed E-state index contributed by atoms with van der Waals surface area (Å²) in [6.07, 6.45) is 0. The van der Waals surface area contributed by atoms with Crippen LogP contribution in [0.1, 0.15) is 34.3 Å². The lowest BCUT2D eigenvalue weighted by Gasteiger charge is -2.43. The van der Waals surface area contributed by atoms with Crippen LogP contribution in [0.15, 0.2) is 133 Å². The van der Waals surface area contributed by atoms with Crippen molar-refractivity contribution in [2.24, 2.45) is 11.5 Å². The van der Waals surface area contributed by atoms with Crippen LogP contribution in [0.3, 0.4) is 0 Å². The molecule has 0 aliphatic heterocycles. The third-order valence-electron chi connectivity index (χ3n) is 8.33. The van der Waals surface area contributed by atoms with Crippen LogP contribution in [-0.4, -0.2) is 0 Å². The van der Waals surface area contributed by atoms with Crippen molar-refractivity contribution in [2.45, 2.75) is 17.5 Å². The van der Waals surface area contributed by atoms with Crippen molar-refractivity contribution in [3.63, 3.8) is 0 Å². The molecule has 2 unspecified atom stereocenters. The van der Waals surface area contributed by atoms with Gasteiger partial charge in [0.2, 0.25) is 0 Å². The van der Waals surface area contributed by atoms with Gasteiger partial charge >= 0.3 is 0 Å². The Balaban J connectivity index is 1.59. The molecule has 7 rings (SSSR count). The molecule has 0 spiro atoms. The van der Waals surface area contributed by atoms with Gasteiger partial charge in [0.25, 0.3) is 0 Å². The summed E-state index contributed by atoms with van der Waals surface area (Å²) in [5.74, 6) is 0. The van der Waals surface area contributed by atoms with Gasteiger partial charge in [-0.1, -0.05) is 133 Å². The van der Waals surface area contributed by atoms with E-state index in [-0.39, 0.29) is 12.1 Å². The van der Waals surface area contributed by atoms with Gasteiger partial charge in [-0.05, 0) is 54.9 Å². The maximum atomic E-state index is 7.53. The van der Waals surface area contributed by atoms with Gasteiger partial charge in [-0.25, -0.2) is 0 Å². The first-order chi connectivity index (χ1) is 18.2. The van der Waals surface area contributed by atoms with Gasteiger partial charge in [0.1, 0.15) is 0 Å². The van der Waals surface area contributed by atoms with E-state index in [1.165, 1.54) is 43.8 Å². The van der Waals surface area contributed by atoms with E-state index < -0.39 is 5.41 Å². The molecule has 0 saturated heterocycles. The molecule has 0 bridgehead atoms. The minimum absolute atomic E-state index is 0.377. The summed E-state index contributed by atoms with van der Waals surface area (Å²) in [5.41, 5.74) is 21.4. The fourth-order valence-electron chi connectivity index (χ4n) is 6.70. The van der Waals surface area contributed by atoms with Gasteiger partial charge in [0.15, 0.2) is 0 Å². The average molecular weight is 477 g/mol. The van der Waals surface area contributed by atoms with Gasteiger partial charge in [-0.3, -0.25) is 0 Å². The first-order valence-corrected chi connectivity index (χ1v) is 12.9. The minimum atomic E-state index is -0.665. The molecule has 2 atom stereocenters. The predicted octanol–water partition coefficient (Wildman–Crippen LogP) is 7.66. The van der Waals surface area contributed by atoms with E-state index in [0.29, 0.717) is 0 Å². The van der Waals surface area contributed by atoms with E-state index in [1.54, 1.807) is 0 Å². The van der Waals surface area contributed by atoms with Crippen LogP contribution < -0.4 is 11.5 Å². The number of hydrogen-bond donors (Lipinski definition) is 2. The minimum Gasteiger partial charge on any atom is -0.323 e. The zero-order valence-corrected chi connectivity index (χ0v) is 20.5. The van der Waals surface area contributed by atoms with Crippen LogP contribution in [0.25, 0.3) is 32.7 Å². The van der Waals surface area contributed by atoms with E-state index in [9.17, 15) is 0 Å². The molecule has 37 heavy (non-hydrogen) atoms. The number of rotatable bonds is 4. The summed E-state index contributed by atoms with van der Waals surface area (Å²) in [5, 5.41) is 4.71. The third-order valence-corrected chi connectivity index (χ3v) is 8.33. The van der Waals surface area contributed by atoms with Gasteiger partial charge in [0, 0.05) is 12.1 Å². The highest BCUT2D eigenvalue weighted by Crippen LogP contribution is 2.59. The molecular formula is C35H28N2. The molecule has 6 aromatic rings. The van der Waals surface area contributed by atoms with Gasteiger partial charge in [-0.15, -0.1) is 0 Å². The van der Waals surface area contributed by atoms with E-state index in [2.05, 4.69) is 133 Å².